The van der Waals surface area contributed by atoms with E-state index in [1.54, 1.807) is 0 Å². The van der Waals surface area contributed by atoms with Gasteiger partial charge in [0.05, 0.1) is 5.41 Å². The first kappa shape index (κ1) is 11.9. The molecule has 3 heterocycles. The highest BCUT2D eigenvalue weighted by Gasteiger charge is 2.79. The maximum atomic E-state index is 12.4. The van der Waals surface area contributed by atoms with Crippen molar-refractivity contribution in [2.24, 2.45) is 16.7 Å². The van der Waals surface area contributed by atoms with Gasteiger partial charge in [0.2, 0.25) is 0 Å². The normalized spacial score (nSPS) is 56.9. The highest BCUT2D eigenvalue weighted by molar-refractivity contribution is 5.80. The number of hydrogen-bond donors (Lipinski definition) is 0. The number of esters is 1. The van der Waals surface area contributed by atoms with E-state index in [9.17, 15) is 4.79 Å². The Bertz CT molecular complexity index is 510. The Morgan fingerprint density at radius 1 is 1.16 bits per heavy atom. The van der Waals surface area contributed by atoms with Crippen LogP contribution in [0.15, 0.2) is 12.2 Å². The summed E-state index contributed by atoms with van der Waals surface area (Å²) in [5.74, 6) is -0.409. The van der Waals surface area contributed by atoms with Crippen LogP contribution in [-0.2, 0) is 19.3 Å². The average molecular weight is 264 g/mol. The standard InChI is InChI=1S/C15H20O4/c1-12(2)6-5-9-14(4)10(11(16)17-9)13(3)7-8-15(12,14)19-18-13/h7-10H,5-6H2,1-4H3/t9-,10+,13+,14+,15+/m0/s1. The van der Waals surface area contributed by atoms with Gasteiger partial charge in [-0.05, 0) is 31.9 Å². The molecule has 5 atom stereocenters. The predicted octanol–water partition coefficient (Wildman–Crippen LogP) is 2.38. The molecule has 5 aliphatic rings. The van der Waals surface area contributed by atoms with E-state index < -0.39 is 11.2 Å². The van der Waals surface area contributed by atoms with Gasteiger partial charge in [-0.1, -0.05) is 20.8 Å². The molecule has 1 spiro atoms. The fourth-order valence-electron chi connectivity index (χ4n) is 5.06. The van der Waals surface area contributed by atoms with Gasteiger partial charge < -0.3 is 4.74 Å². The van der Waals surface area contributed by atoms with Crippen molar-refractivity contribution < 1.29 is 19.3 Å². The van der Waals surface area contributed by atoms with Crippen molar-refractivity contribution in [3.05, 3.63) is 12.2 Å². The molecular weight excluding hydrogens is 244 g/mol. The van der Waals surface area contributed by atoms with Gasteiger partial charge in [-0.3, -0.25) is 4.79 Å². The Balaban J connectivity index is 2.02. The third-order valence-corrected chi connectivity index (χ3v) is 6.17. The number of hydrogen-bond acceptors (Lipinski definition) is 4. The second-order valence-corrected chi connectivity index (χ2v) is 7.48. The molecule has 2 bridgehead atoms. The molecule has 0 aromatic heterocycles. The molecule has 4 heteroatoms. The lowest BCUT2D eigenvalue weighted by Gasteiger charge is -2.65. The number of rotatable bonds is 0. The van der Waals surface area contributed by atoms with Crippen molar-refractivity contribution in [1.82, 2.24) is 0 Å². The number of ether oxygens (including phenoxy) is 1. The summed E-state index contributed by atoms with van der Waals surface area (Å²) in [4.78, 5) is 23.9. The Labute approximate surface area is 113 Å². The summed E-state index contributed by atoms with van der Waals surface area (Å²) in [5, 5.41) is 0. The van der Waals surface area contributed by atoms with E-state index >= 15 is 0 Å². The summed E-state index contributed by atoms with van der Waals surface area (Å²) in [6, 6.07) is 0. The SMILES string of the molecule is CC1(C)CC[C@@H]2OC(=O)[C@H]3[C@]2(C)[C@@]12C=C[C@@]3(C)OO2. The lowest BCUT2D eigenvalue weighted by atomic mass is 9.45. The van der Waals surface area contributed by atoms with Crippen LogP contribution in [0.3, 0.4) is 0 Å². The summed E-state index contributed by atoms with van der Waals surface area (Å²) >= 11 is 0. The van der Waals surface area contributed by atoms with Gasteiger partial charge in [0.25, 0.3) is 0 Å². The molecule has 3 fully saturated rings. The quantitative estimate of drug-likeness (QED) is 0.383. The fourth-order valence-corrected chi connectivity index (χ4v) is 5.06. The number of fused-ring (bicyclic) bond motifs is 1. The van der Waals surface area contributed by atoms with Gasteiger partial charge >= 0.3 is 5.97 Å². The highest BCUT2D eigenvalue weighted by atomic mass is 17.2. The Kier molecular flexibility index (Phi) is 1.83. The first-order valence-corrected chi connectivity index (χ1v) is 7.05. The maximum Gasteiger partial charge on any atom is 0.313 e. The molecular formula is C15H20O4. The average Bonchev–Trinajstić information content (AvgIpc) is 2.60. The molecule has 4 nitrogen and oxygen atoms in total. The molecule has 0 N–H and O–H groups in total. The maximum absolute atomic E-state index is 12.4. The number of carbonyl (C=O) groups excluding carboxylic acids is 1. The van der Waals surface area contributed by atoms with Gasteiger partial charge in [-0.25, -0.2) is 9.78 Å². The Morgan fingerprint density at radius 2 is 1.89 bits per heavy atom. The zero-order valence-electron chi connectivity index (χ0n) is 11.9. The largest absolute Gasteiger partial charge is 0.461 e. The minimum Gasteiger partial charge on any atom is -0.461 e. The summed E-state index contributed by atoms with van der Waals surface area (Å²) in [6.45, 7) is 8.43. The van der Waals surface area contributed by atoms with Crippen molar-refractivity contribution in [2.75, 3.05) is 0 Å². The lowest BCUT2D eigenvalue weighted by Crippen LogP contribution is -2.74. The molecule has 2 aliphatic carbocycles. The lowest BCUT2D eigenvalue weighted by molar-refractivity contribution is -0.487. The van der Waals surface area contributed by atoms with Crippen molar-refractivity contribution in [1.29, 1.82) is 0 Å². The van der Waals surface area contributed by atoms with Crippen LogP contribution >= 0.6 is 0 Å². The van der Waals surface area contributed by atoms with Gasteiger partial charge in [-0.2, -0.15) is 0 Å². The highest BCUT2D eigenvalue weighted by Crippen LogP contribution is 2.70. The van der Waals surface area contributed by atoms with Crippen LogP contribution in [0.2, 0.25) is 0 Å². The topological polar surface area (TPSA) is 44.8 Å². The Morgan fingerprint density at radius 3 is 2.53 bits per heavy atom. The van der Waals surface area contributed by atoms with Crippen LogP contribution in [0.1, 0.15) is 40.5 Å². The van der Waals surface area contributed by atoms with Crippen molar-refractivity contribution in [2.45, 2.75) is 57.8 Å². The Hall–Kier alpha value is -0.870. The molecule has 104 valence electrons. The third kappa shape index (κ3) is 0.984. The van der Waals surface area contributed by atoms with Crippen LogP contribution in [0.5, 0.6) is 0 Å². The summed E-state index contributed by atoms with van der Waals surface area (Å²) < 4.78 is 5.68. The van der Waals surface area contributed by atoms with Crippen LogP contribution in [0, 0.1) is 16.7 Å². The van der Waals surface area contributed by atoms with Crippen molar-refractivity contribution >= 4 is 5.97 Å². The van der Waals surface area contributed by atoms with Crippen molar-refractivity contribution in [3.63, 3.8) is 0 Å². The van der Waals surface area contributed by atoms with Gasteiger partial charge in [-0.15, -0.1) is 0 Å². The van der Waals surface area contributed by atoms with E-state index in [0.717, 1.165) is 12.8 Å². The van der Waals surface area contributed by atoms with Gasteiger partial charge in [0, 0.05) is 5.41 Å². The molecule has 0 amide bonds. The summed E-state index contributed by atoms with van der Waals surface area (Å²) in [6.07, 6.45) is 5.92. The molecule has 0 aromatic rings. The van der Waals surface area contributed by atoms with E-state index in [2.05, 4.69) is 26.8 Å². The second-order valence-electron chi connectivity index (χ2n) is 7.48. The molecule has 0 radical (unpaired) electrons. The fraction of sp³-hybridized carbons (Fsp3) is 0.800. The summed E-state index contributed by atoms with van der Waals surface area (Å²) in [5.41, 5.74) is -1.69. The molecule has 3 aliphatic heterocycles. The minimum absolute atomic E-state index is 0.0637. The second kappa shape index (κ2) is 2.91. The van der Waals surface area contributed by atoms with E-state index in [4.69, 9.17) is 14.5 Å². The minimum atomic E-state index is -0.699. The smallest absolute Gasteiger partial charge is 0.313 e. The van der Waals surface area contributed by atoms with E-state index in [1.807, 2.05) is 13.0 Å². The van der Waals surface area contributed by atoms with Crippen LogP contribution in [0.4, 0.5) is 0 Å². The van der Waals surface area contributed by atoms with Gasteiger partial charge in [0.1, 0.15) is 23.2 Å². The van der Waals surface area contributed by atoms with E-state index in [1.165, 1.54) is 0 Å². The first-order chi connectivity index (χ1) is 8.77. The molecule has 0 aromatic carbocycles. The molecule has 5 rings (SSSR count). The molecule has 19 heavy (non-hydrogen) atoms. The third-order valence-electron chi connectivity index (χ3n) is 6.17. The van der Waals surface area contributed by atoms with Crippen LogP contribution < -0.4 is 0 Å². The van der Waals surface area contributed by atoms with E-state index in [-0.39, 0.29) is 28.8 Å². The molecule has 1 saturated carbocycles. The summed E-state index contributed by atoms with van der Waals surface area (Å²) in [7, 11) is 0. The molecule has 0 unspecified atom stereocenters. The number of carbonyl (C=O) groups is 1. The van der Waals surface area contributed by atoms with E-state index in [0.29, 0.717) is 0 Å². The molecule has 2 saturated heterocycles. The first-order valence-electron chi connectivity index (χ1n) is 7.05. The van der Waals surface area contributed by atoms with Crippen LogP contribution in [-0.4, -0.2) is 23.3 Å². The predicted molar refractivity (Wildman–Crippen MR) is 66.9 cm³/mol. The van der Waals surface area contributed by atoms with Gasteiger partial charge in [0.15, 0.2) is 0 Å². The van der Waals surface area contributed by atoms with Crippen molar-refractivity contribution in [3.8, 4) is 0 Å². The van der Waals surface area contributed by atoms with Crippen LogP contribution in [0.25, 0.3) is 0 Å². The monoisotopic (exact) mass is 264 g/mol. The zero-order chi connectivity index (χ0) is 13.7. The zero-order valence-corrected chi connectivity index (χ0v) is 11.9.